The van der Waals surface area contributed by atoms with E-state index in [0.717, 1.165) is 16.8 Å². The third-order valence-corrected chi connectivity index (χ3v) is 3.24. The monoisotopic (exact) mass is 284 g/mol. The summed E-state index contributed by atoms with van der Waals surface area (Å²) in [5.74, 6) is -0.152. The van der Waals surface area contributed by atoms with Gasteiger partial charge in [0.15, 0.2) is 0 Å². The second-order valence-electron chi connectivity index (χ2n) is 4.73. The zero-order valence-corrected chi connectivity index (χ0v) is 12.0. The number of anilines is 1. The van der Waals surface area contributed by atoms with Gasteiger partial charge < -0.3 is 4.90 Å². The lowest BCUT2D eigenvalue weighted by Gasteiger charge is -2.22. The molecule has 7 nitrogen and oxygen atoms in total. The molecular weight excluding hydrogens is 268 g/mol. The van der Waals surface area contributed by atoms with Crippen LogP contribution in [0.2, 0.25) is 0 Å². The maximum Gasteiger partial charge on any atom is 0.248 e. The summed E-state index contributed by atoms with van der Waals surface area (Å²) in [6, 6.07) is 7.87. The summed E-state index contributed by atoms with van der Waals surface area (Å²) in [5.41, 5.74) is 3.04. The number of aryl methyl sites for hydroxylation is 2. The van der Waals surface area contributed by atoms with Crippen LogP contribution in [0.5, 0.6) is 0 Å². The molecule has 0 saturated carbocycles. The van der Waals surface area contributed by atoms with Gasteiger partial charge in [-0.3, -0.25) is 4.79 Å². The Morgan fingerprint density at radius 2 is 2.19 bits per heavy atom. The minimum Gasteiger partial charge on any atom is -0.310 e. The van der Waals surface area contributed by atoms with Crippen molar-refractivity contribution in [2.75, 3.05) is 11.4 Å². The van der Waals surface area contributed by atoms with Gasteiger partial charge in [0, 0.05) is 12.2 Å². The molecule has 2 aromatic rings. The zero-order chi connectivity index (χ0) is 15.2. The molecule has 0 atom stereocenters. The molecule has 1 heterocycles. The highest BCUT2D eigenvalue weighted by molar-refractivity contribution is 5.93. The second-order valence-corrected chi connectivity index (χ2v) is 4.73. The Hall–Kier alpha value is -2.75. The van der Waals surface area contributed by atoms with Crippen molar-refractivity contribution >= 4 is 11.6 Å². The van der Waals surface area contributed by atoms with Gasteiger partial charge in [-0.05, 0) is 47.5 Å². The van der Waals surface area contributed by atoms with Gasteiger partial charge in [0.25, 0.3) is 0 Å². The molecule has 1 amide bonds. The lowest BCUT2D eigenvalue weighted by Crippen LogP contribution is -2.35. The van der Waals surface area contributed by atoms with Gasteiger partial charge in [0.2, 0.25) is 5.91 Å². The van der Waals surface area contributed by atoms with Crippen molar-refractivity contribution in [3.63, 3.8) is 0 Å². The summed E-state index contributed by atoms with van der Waals surface area (Å²) in [5, 5.41) is 19.5. The summed E-state index contributed by atoms with van der Waals surface area (Å²) in [4.78, 5) is 14.0. The third kappa shape index (κ3) is 3.63. The number of carbonyl (C=O) groups is 1. The second kappa shape index (κ2) is 6.61. The number of carbonyl (C=O) groups excluding carboxylic acids is 1. The van der Waals surface area contributed by atoms with Crippen LogP contribution in [-0.4, -0.2) is 32.7 Å². The molecule has 0 aliphatic carbocycles. The van der Waals surface area contributed by atoms with Gasteiger partial charge in [-0.25, -0.2) is 4.68 Å². The zero-order valence-electron chi connectivity index (χ0n) is 12.0. The first kappa shape index (κ1) is 14.7. The van der Waals surface area contributed by atoms with Crippen molar-refractivity contribution in [2.24, 2.45) is 0 Å². The van der Waals surface area contributed by atoms with Gasteiger partial charge in [-0.2, -0.15) is 5.26 Å². The molecule has 0 radical (unpaired) electrons. The fraction of sp³-hybridized carbons (Fsp3) is 0.357. The lowest BCUT2D eigenvalue weighted by molar-refractivity contribution is -0.119. The molecule has 0 spiro atoms. The fourth-order valence-corrected chi connectivity index (χ4v) is 1.93. The largest absolute Gasteiger partial charge is 0.310 e. The van der Waals surface area contributed by atoms with Gasteiger partial charge in [0.1, 0.15) is 12.9 Å². The van der Waals surface area contributed by atoms with Crippen molar-refractivity contribution in [2.45, 2.75) is 26.8 Å². The van der Waals surface area contributed by atoms with Crippen LogP contribution in [-0.2, 0) is 11.3 Å². The van der Waals surface area contributed by atoms with E-state index in [1.54, 1.807) is 4.90 Å². The lowest BCUT2D eigenvalue weighted by atomic mass is 10.1. The van der Waals surface area contributed by atoms with Crippen molar-refractivity contribution in [3.05, 3.63) is 35.7 Å². The molecule has 1 aromatic carbocycles. The van der Waals surface area contributed by atoms with Crippen LogP contribution in [0.4, 0.5) is 5.69 Å². The van der Waals surface area contributed by atoms with E-state index in [-0.39, 0.29) is 18.9 Å². The number of nitrogens with zero attached hydrogens (tertiary/aromatic N) is 6. The summed E-state index contributed by atoms with van der Waals surface area (Å²) in [6.07, 6.45) is 1.66. The molecule has 2 rings (SSSR count). The predicted octanol–water partition coefficient (Wildman–Crippen LogP) is 1.24. The van der Waals surface area contributed by atoms with E-state index >= 15 is 0 Å². The number of rotatable bonds is 5. The van der Waals surface area contributed by atoms with Crippen molar-refractivity contribution in [1.29, 1.82) is 5.26 Å². The van der Waals surface area contributed by atoms with Gasteiger partial charge in [-0.15, -0.1) is 5.10 Å². The number of tetrazole rings is 1. The minimum atomic E-state index is -0.152. The molecule has 21 heavy (non-hydrogen) atoms. The van der Waals surface area contributed by atoms with Crippen LogP contribution >= 0.6 is 0 Å². The number of aromatic nitrogens is 4. The molecule has 108 valence electrons. The fourth-order valence-electron chi connectivity index (χ4n) is 1.93. The van der Waals surface area contributed by atoms with E-state index in [1.165, 1.54) is 11.0 Å². The standard InChI is InChI=1S/C14H16N6O/c1-11-4-5-13(8-12(11)2)20(7-3-6-15)14(21)9-19-10-16-17-18-19/h4-5,8,10H,3,7,9H2,1-2H3. The van der Waals surface area contributed by atoms with Crippen LogP contribution in [0.3, 0.4) is 0 Å². The third-order valence-electron chi connectivity index (χ3n) is 3.24. The average molecular weight is 284 g/mol. The number of hydrogen-bond acceptors (Lipinski definition) is 5. The molecular formula is C14H16N6O. The molecule has 0 fully saturated rings. The maximum absolute atomic E-state index is 12.4. The van der Waals surface area contributed by atoms with Crippen LogP contribution in [0.15, 0.2) is 24.5 Å². The highest BCUT2D eigenvalue weighted by atomic mass is 16.2. The number of benzene rings is 1. The summed E-state index contributed by atoms with van der Waals surface area (Å²) in [6.45, 7) is 4.40. The average Bonchev–Trinajstić information content (AvgIpc) is 2.96. The summed E-state index contributed by atoms with van der Waals surface area (Å²) < 4.78 is 1.36. The van der Waals surface area contributed by atoms with Crippen LogP contribution < -0.4 is 4.90 Å². The minimum absolute atomic E-state index is 0.0470. The number of amides is 1. The van der Waals surface area contributed by atoms with Crippen molar-refractivity contribution in [1.82, 2.24) is 20.2 Å². The predicted molar refractivity (Wildman–Crippen MR) is 76.3 cm³/mol. The normalized spacial score (nSPS) is 10.1. The quantitative estimate of drug-likeness (QED) is 0.824. The number of hydrogen-bond donors (Lipinski definition) is 0. The molecule has 0 N–H and O–H groups in total. The topological polar surface area (TPSA) is 87.7 Å². The number of nitriles is 1. The Kier molecular flexibility index (Phi) is 4.61. The van der Waals surface area contributed by atoms with E-state index in [0.29, 0.717) is 6.54 Å². The molecule has 7 heteroatoms. The summed E-state index contributed by atoms with van der Waals surface area (Å²) in [7, 11) is 0. The van der Waals surface area contributed by atoms with E-state index < -0.39 is 0 Å². The Morgan fingerprint density at radius 1 is 1.38 bits per heavy atom. The molecule has 1 aromatic heterocycles. The van der Waals surface area contributed by atoms with Crippen LogP contribution in [0.25, 0.3) is 0 Å². The first-order valence-corrected chi connectivity index (χ1v) is 6.57. The Labute approximate surface area is 122 Å². The highest BCUT2D eigenvalue weighted by Crippen LogP contribution is 2.19. The smallest absolute Gasteiger partial charge is 0.248 e. The van der Waals surface area contributed by atoms with Crippen LogP contribution in [0.1, 0.15) is 17.5 Å². The van der Waals surface area contributed by atoms with E-state index in [9.17, 15) is 4.79 Å². The first-order chi connectivity index (χ1) is 10.1. The molecule has 0 saturated heterocycles. The van der Waals surface area contributed by atoms with Gasteiger partial charge in [-0.1, -0.05) is 6.07 Å². The van der Waals surface area contributed by atoms with Crippen molar-refractivity contribution in [3.8, 4) is 6.07 Å². The molecule has 0 aliphatic heterocycles. The van der Waals surface area contributed by atoms with E-state index in [2.05, 4.69) is 21.6 Å². The Morgan fingerprint density at radius 3 is 2.81 bits per heavy atom. The first-order valence-electron chi connectivity index (χ1n) is 6.57. The van der Waals surface area contributed by atoms with Gasteiger partial charge in [0.05, 0.1) is 12.5 Å². The molecule has 0 unspecified atom stereocenters. The highest BCUT2D eigenvalue weighted by Gasteiger charge is 2.17. The Bertz CT molecular complexity index is 659. The Balaban J connectivity index is 2.22. The van der Waals surface area contributed by atoms with E-state index in [1.807, 2.05) is 32.0 Å². The maximum atomic E-state index is 12.4. The summed E-state index contributed by atoms with van der Waals surface area (Å²) >= 11 is 0. The SMILES string of the molecule is Cc1ccc(N(CCC#N)C(=O)Cn2cnnn2)cc1C. The molecule has 0 aliphatic rings. The van der Waals surface area contributed by atoms with E-state index in [4.69, 9.17) is 5.26 Å². The van der Waals surface area contributed by atoms with Gasteiger partial charge >= 0.3 is 0 Å². The van der Waals surface area contributed by atoms with Crippen LogP contribution in [0, 0.1) is 25.2 Å². The molecule has 0 bridgehead atoms. The van der Waals surface area contributed by atoms with Crippen molar-refractivity contribution < 1.29 is 4.79 Å².